The summed E-state index contributed by atoms with van der Waals surface area (Å²) in [5.41, 5.74) is 0.313. The van der Waals surface area contributed by atoms with Gasteiger partial charge >= 0.3 is 0 Å². The molecule has 3 rings (SSSR count). The van der Waals surface area contributed by atoms with E-state index in [-0.39, 0.29) is 28.7 Å². The first kappa shape index (κ1) is 18.0. The number of likely N-dealkylation sites (tertiary alicyclic amines) is 1. The van der Waals surface area contributed by atoms with Crippen LogP contribution in [0, 0.1) is 11.3 Å². The van der Waals surface area contributed by atoms with Gasteiger partial charge in [-0.05, 0) is 18.1 Å². The van der Waals surface area contributed by atoms with Gasteiger partial charge in [0.1, 0.15) is 0 Å². The van der Waals surface area contributed by atoms with Crippen molar-refractivity contribution in [1.82, 2.24) is 4.90 Å². The Labute approximate surface area is 148 Å². The molecule has 1 unspecified atom stereocenters. The van der Waals surface area contributed by atoms with Crippen molar-refractivity contribution in [3.63, 3.8) is 0 Å². The molecule has 0 aromatic heterocycles. The van der Waals surface area contributed by atoms with Gasteiger partial charge in [-0.25, -0.2) is 0 Å². The summed E-state index contributed by atoms with van der Waals surface area (Å²) in [7, 11) is 4.80. The molecule has 2 aliphatic rings. The third-order valence-electron chi connectivity index (χ3n) is 5.78. The van der Waals surface area contributed by atoms with Crippen molar-refractivity contribution in [2.75, 3.05) is 27.9 Å². The Hall–Kier alpha value is -1.79. The largest absolute Gasteiger partial charge is 0.504 e. The lowest BCUT2D eigenvalue weighted by atomic mass is 9.52. The molecule has 1 aromatic carbocycles. The van der Waals surface area contributed by atoms with Crippen LogP contribution >= 0.6 is 0 Å². The van der Waals surface area contributed by atoms with Gasteiger partial charge in [0.05, 0.1) is 12.7 Å². The third kappa shape index (κ3) is 2.59. The molecule has 1 atom stereocenters. The third-order valence-corrected chi connectivity index (χ3v) is 5.78. The minimum Gasteiger partial charge on any atom is -0.504 e. The van der Waals surface area contributed by atoms with E-state index in [4.69, 9.17) is 14.2 Å². The Morgan fingerprint density at radius 2 is 1.88 bits per heavy atom. The number of benzene rings is 1. The number of methoxy groups -OCH3 is 3. The van der Waals surface area contributed by atoms with Gasteiger partial charge in [0, 0.05) is 45.1 Å². The minimum atomic E-state index is -0.527. The lowest BCUT2D eigenvalue weighted by Gasteiger charge is -2.68. The van der Waals surface area contributed by atoms with E-state index in [0.29, 0.717) is 18.2 Å². The number of hydrogen-bond acceptors (Lipinski definition) is 5. The maximum absolute atomic E-state index is 13.0. The average molecular weight is 349 g/mol. The number of phenols is 1. The smallest absolute Gasteiger partial charge is 0.258 e. The van der Waals surface area contributed by atoms with Crippen LogP contribution in [0.25, 0.3) is 0 Å². The molecule has 138 valence electrons. The van der Waals surface area contributed by atoms with Gasteiger partial charge in [-0.1, -0.05) is 19.9 Å². The van der Waals surface area contributed by atoms with E-state index in [0.717, 1.165) is 12.8 Å². The Balaban J connectivity index is 1.82. The normalized spacial score (nSPS) is 23.3. The maximum atomic E-state index is 13.0. The van der Waals surface area contributed by atoms with E-state index in [1.165, 1.54) is 7.11 Å². The van der Waals surface area contributed by atoms with Crippen LogP contribution in [-0.2, 0) is 9.47 Å². The van der Waals surface area contributed by atoms with E-state index >= 15 is 0 Å². The van der Waals surface area contributed by atoms with Gasteiger partial charge in [0.25, 0.3) is 5.91 Å². The molecule has 0 radical (unpaired) electrons. The highest BCUT2D eigenvalue weighted by atomic mass is 16.7. The second-order valence-electron chi connectivity index (χ2n) is 7.51. The van der Waals surface area contributed by atoms with Crippen molar-refractivity contribution in [2.45, 2.75) is 38.5 Å². The second-order valence-corrected chi connectivity index (χ2v) is 7.51. The number of aromatic hydroxyl groups is 1. The van der Waals surface area contributed by atoms with Crippen LogP contribution in [0.5, 0.6) is 11.5 Å². The van der Waals surface area contributed by atoms with Gasteiger partial charge in [-0.3, -0.25) is 4.79 Å². The van der Waals surface area contributed by atoms with Crippen molar-refractivity contribution in [1.29, 1.82) is 0 Å². The van der Waals surface area contributed by atoms with Crippen LogP contribution in [0.4, 0.5) is 0 Å². The summed E-state index contributed by atoms with van der Waals surface area (Å²) in [6, 6.07) is 5.10. The van der Waals surface area contributed by atoms with Gasteiger partial charge < -0.3 is 24.2 Å². The fraction of sp³-hybridized carbons (Fsp3) is 0.632. The molecule has 1 saturated heterocycles. The van der Waals surface area contributed by atoms with Crippen molar-refractivity contribution in [3.8, 4) is 11.5 Å². The molecule has 1 saturated carbocycles. The molecule has 1 spiro atoms. The monoisotopic (exact) mass is 349 g/mol. The van der Waals surface area contributed by atoms with Crippen LogP contribution in [0.15, 0.2) is 18.2 Å². The Morgan fingerprint density at radius 1 is 1.24 bits per heavy atom. The summed E-state index contributed by atoms with van der Waals surface area (Å²) in [4.78, 5) is 14.9. The SMILES string of the molecule is COc1cccc(C(=O)N2CC3(CC(OC)(OC)C3)C2C(C)C)c1O. The number of para-hydroxylation sites is 1. The molecule has 0 bridgehead atoms. The molecule has 1 aliphatic carbocycles. The highest BCUT2D eigenvalue weighted by molar-refractivity contribution is 5.98. The molecule has 1 aliphatic heterocycles. The van der Waals surface area contributed by atoms with Crippen LogP contribution < -0.4 is 4.74 Å². The highest BCUT2D eigenvalue weighted by Gasteiger charge is 2.67. The average Bonchev–Trinajstić information content (AvgIpc) is 2.53. The number of nitrogens with zero attached hydrogens (tertiary/aromatic N) is 1. The first-order valence-electron chi connectivity index (χ1n) is 8.60. The number of carbonyl (C=O) groups excluding carboxylic acids is 1. The quantitative estimate of drug-likeness (QED) is 0.828. The summed E-state index contributed by atoms with van der Waals surface area (Å²) in [6.07, 6.45) is 1.56. The molecule has 1 N–H and O–H groups in total. The standard InChI is InChI=1S/C19H27NO5/c1-12(2)16-18(9-19(10-18,24-4)25-5)11-20(16)17(22)13-7-6-8-14(23-3)15(13)21/h6-8,12,16,21H,9-11H2,1-5H3. The molecule has 25 heavy (non-hydrogen) atoms. The first-order valence-corrected chi connectivity index (χ1v) is 8.60. The van der Waals surface area contributed by atoms with Crippen LogP contribution in [0.1, 0.15) is 37.0 Å². The van der Waals surface area contributed by atoms with E-state index in [2.05, 4.69) is 13.8 Å². The van der Waals surface area contributed by atoms with E-state index in [1.807, 2.05) is 4.90 Å². The number of rotatable bonds is 5. The zero-order valence-electron chi connectivity index (χ0n) is 15.5. The lowest BCUT2D eigenvalue weighted by molar-refractivity contribution is -0.332. The zero-order valence-corrected chi connectivity index (χ0v) is 15.5. The zero-order chi connectivity index (χ0) is 18.4. The van der Waals surface area contributed by atoms with Crippen LogP contribution in [0.2, 0.25) is 0 Å². The summed E-state index contributed by atoms with van der Waals surface area (Å²) in [5.74, 6) is -0.176. The first-order chi connectivity index (χ1) is 11.8. The molecule has 1 heterocycles. The van der Waals surface area contributed by atoms with E-state index in [9.17, 15) is 9.90 Å². The van der Waals surface area contributed by atoms with E-state index < -0.39 is 5.79 Å². The molecule has 6 heteroatoms. The molecule has 1 aromatic rings. The molecular weight excluding hydrogens is 322 g/mol. The summed E-state index contributed by atoms with van der Waals surface area (Å²) >= 11 is 0. The Bertz CT molecular complexity index is 660. The van der Waals surface area contributed by atoms with Crippen LogP contribution in [0.3, 0.4) is 0 Å². The number of phenolic OH excluding ortho intramolecular Hbond substituents is 1. The van der Waals surface area contributed by atoms with Crippen LogP contribution in [-0.4, -0.2) is 55.6 Å². The summed E-state index contributed by atoms with van der Waals surface area (Å²) in [6.45, 7) is 4.90. The topological polar surface area (TPSA) is 68.2 Å². The van der Waals surface area contributed by atoms with Crippen molar-refractivity contribution in [3.05, 3.63) is 23.8 Å². The van der Waals surface area contributed by atoms with Gasteiger partial charge in [-0.2, -0.15) is 0 Å². The lowest BCUT2D eigenvalue weighted by Crippen LogP contribution is -2.76. The van der Waals surface area contributed by atoms with E-state index in [1.54, 1.807) is 32.4 Å². The minimum absolute atomic E-state index is 0.0321. The number of hydrogen-bond donors (Lipinski definition) is 1. The van der Waals surface area contributed by atoms with Crippen molar-refractivity contribution < 1.29 is 24.1 Å². The van der Waals surface area contributed by atoms with Crippen molar-refractivity contribution >= 4 is 5.91 Å². The Morgan fingerprint density at radius 3 is 2.40 bits per heavy atom. The van der Waals surface area contributed by atoms with Gasteiger partial charge in [-0.15, -0.1) is 0 Å². The number of ether oxygens (including phenoxy) is 3. The molecular formula is C19H27NO5. The number of amides is 1. The molecule has 1 amide bonds. The predicted molar refractivity (Wildman–Crippen MR) is 92.7 cm³/mol. The number of carbonyl (C=O) groups is 1. The fourth-order valence-electron chi connectivity index (χ4n) is 4.74. The van der Waals surface area contributed by atoms with Gasteiger partial charge in [0.2, 0.25) is 0 Å². The summed E-state index contributed by atoms with van der Waals surface area (Å²) in [5, 5.41) is 10.3. The Kier molecular flexibility index (Phi) is 4.45. The second kappa shape index (κ2) is 6.18. The summed E-state index contributed by atoms with van der Waals surface area (Å²) < 4.78 is 16.2. The molecule has 6 nitrogen and oxygen atoms in total. The van der Waals surface area contributed by atoms with Gasteiger partial charge in [0.15, 0.2) is 17.3 Å². The predicted octanol–water partition coefficient (Wildman–Crippen LogP) is 2.65. The fourth-order valence-corrected chi connectivity index (χ4v) is 4.74. The molecule has 2 fully saturated rings. The van der Waals surface area contributed by atoms with Crippen molar-refractivity contribution in [2.24, 2.45) is 11.3 Å². The highest BCUT2D eigenvalue weighted by Crippen LogP contribution is 2.61. The maximum Gasteiger partial charge on any atom is 0.258 e.